The number of anilines is 1. The van der Waals surface area contributed by atoms with Crippen LogP contribution in [0.15, 0.2) is 64.6 Å². The van der Waals surface area contributed by atoms with Crippen LogP contribution in [-0.4, -0.2) is 31.6 Å². The van der Waals surface area contributed by atoms with Crippen molar-refractivity contribution in [1.29, 1.82) is 0 Å². The van der Waals surface area contributed by atoms with Gasteiger partial charge in [-0.15, -0.1) is 0 Å². The quantitative estimate of drug-likeness (QED) is 0.378. The molecule has 2 aromatic carbocycles. The van der Waals surface area contributed by atoms with E-state index in [9.17, 15) is 4.79 Å². The molecule has 120 valence electrons. The van der Waals surface area contributed by atoms with Gasteiger partial charge >= 0.3 is 151 Å². The van der Waals surface area contributed by atoms with Crippen LogP contribution in [0.1, 0.15) is 12.5 Å². The molecule has 1 aromatic heterocycles. The number of halogens is 1. The minimum atomic E-state index is -0.163. The Morgan fingerprint density at radius 2 is 1.88 bits per heavy atom. The van der Waals surface area contributed by atoms with Crippen LogP contribution < -0.4 is 5.01 Å². The number of aromatic nitrogens is 1. The summed E-state index contributed by atoms with van der Waals surface area (Å²) in [6.45, 7) is 1.48. The molecule has 0 bridgehead atoms. The number of carbonyl (C=O) groups excluding carboxylic acids is 1. The summed E-state index contributed by atoms with van der Waals surface area (Å²) in [5.41, 5.74) is 2.80. The summed E-state index contributed by atoms with van der Waals surface area (Å²) < 4.78 is 0.680. The first-order valence-corrected chi connectivity index (χ1v) is 9.47. The molecule has 0 N–H and O–H groups in total. The first-order chi connectivity index (χ1) is 11.6. The van der Waals surface area contributed by atoms with Gasteiger partial charge in [0.15, 0.2) is 0 Å². The molecule has 1 amide bonds. The van der Waals surface area contributed by atoms with Crippen LogP contribution in [0.5, 0.6) is 0 Å². The van der Waals surface area contributed by atoms with Gasteiger partial charge in [0.1, 0.15) is 0 Å². The second-order valence-corrected chi connectivity index (χ2v) is 7.20. The van der Waals surface area contributed by atoms with Gasteiger partial charge in [-0.2, -0.15) is 0 Å². The fourth-order valence-corrected chi connectivity index (χ4v) is 3.91. The third kappa shape index (κ3) is 4.01. The molecule has 0 saturated heterocycles. The zero-order chi connectivity index (χ0) is 16.9. The maximum absolute atomic E-state index is 11.9. The Labute approximate surface area is 151 Å². The van der Waals surface area contributed by atoms with E-state index in [4.69, 9.17) is 11.6 Å². The van der Waals surface area contributed by atoms with E-state index in [2.05, 4.69) is 15.0 Å². The molecule has 0 atom stereocenters. The fourth-order valence-electron chi connectivity index (χ4n) is 2.04. The van der Waals surface area contributed by atoms with Gasteiger partial charge < -0.3 is 0 Å². The van der Waals surface area contributed by atoms with Crippen LogP contribution in [-0.2, 0) is 4.79 Å². The van der Waals surface area contributed by atoms with E-state index < -0.39 is 0 Å². The van der Waals surface area contributed by atoms with Crippen LogP contribution in [0.4, 0.5) is 4.69 Å². The Hall–Kier alpha value is -2.20. The number of nitrogens with zero attached hydrogens (tertiary/aromatic N) is 3. The molecule has 3 rings (SSSR count). The number of amides is 1. The van der Waals surface area contributed by atoms with Gasteiger partial charge in [-0.25, -0.2) is 0 Å². The summed E-state index contributed by atoms with van der Waals surface area (Å²) >= 11 is 5.84. The van der Waals surface area contributed by atoms with Crippen LogP contribution >= 0.6 is 11.6 Å². The topological polar surface area (TPSA) is 45.6 Å². The zero-order valence-corrected chi connectivity index (χ0v) is 15.4. The van der Waals surface area contributed by atoms with E-state index in [0.717, 1.165) is 16.8 Å². The van der Waals surface area contributed by atoms with Crippen LogP contribution in [0.25, 0.3) is 11.3 Å². The normalized spacial score (nSPS) is 10.9. The monoisotopic (exact) mass is 403 g/mol. The average molecular weight is 403 g/mol. The van der Waals surface area contributed by atoms with Gasteiger partial charge in [0, 0.05) is 0 Å². The van der Waals surface area contributed by atoms with Gasteiger partial charge in [-0.05, 0) is 0 Å². The van der Waals surface area contributed by atoms with Gasteiger partial charge in [-0.1, -0.05) is 0 Å². The average Bonchev–Trinajstić information content (AvgIpc) is 3.07. The van der Waals surface area contributed by atoms with E-state index >= 15 is 0 Å². The molecular weight excluding hydrogens is 389 g/mol. The summed E-state index contributed by atoms with van der Waals surface area (Å²) in [6.07, 6.45) is 1.64. The van der Waals surface area contributed by atoms with E-state index in [0.29, 0.717) is 9.71 Å². The van der Waals surface area contributed by atoms with Gasteiger partial charge in [0.25, 0.3) is 0 Å². The SMILES string of the molecule is CC(=O)N(/N=C/c1ccc(Cl)cc1)c1nc(-c2ccccc2)c[se]1. The molecule has 0 fully saturated rings. The molecule has 0 unspecified atom stereocenters. The van der Waals surface area contributed by atoms with Crippen molar-refractivity contribution in [3.8, 4) is 11.3 Å². The Morgan fingerprint density at radius 1 is 1.17 bits per heavy atom. The van der Waals surface area contributed by atoms with Crippen LogP contribution in [0.3, 0.4) is 0 Å². The molecule has 1 heterocycles. The van der Waals surface area contributed by atoms with Crippen molar-refractivity contribution < 1.29 is 4.79 Å². The van der Waals surface area contributed by atoms with Crippen LogP contribution in [0, 0.1) is 0 Å². The fraction of sp³-hybridized carbons (Fsp3) is 0.0556. The van der Waals surface area contributed by atoms with E-state index in [1.165, 1.54) is 11.9 Å². The Balaban J connectivity index is 1.85. The second-order valence-electron chi connectivity index (χ2n) is 5.01. The first-order valence-electron chi connectivity index (χ1n) is 7.24. The number of carbonyl (C=O) groups is 1. The third-order valence-electron chi connectivity index (χ3n) is 3.23. The minimum absolute atomic E-state index is 0.0336. The van der Waals surface area contributed by atoms with Crippen molar-refractivity contribution in [2.45, 2.75) is 6.92 Å². The van der Waals surface area contributed by atoms with E-state index in [1.807, 2.05) is 42.5 Å². The van der Waals surface area contributed by atoms with Crippen molar-refractivity contribution in [2.75, 3.05) is 5.01 Å². The molecule has 0 radical (unpaired) electrons. The molecule has 0 aliphatic rings. The summed E-state index contributed by atoms with van der Waals surface area (Å²) in [4.78, 5) is 18.6. The number of hydrogen-bond donors (Lipinski definition) is 0. The maximum atomic E-state index is 11.9. The third-order valence-corrected chi connectivity index (χ3v) is 5.20. The molecule has 4 nitrogen and oxygen atoms in total. The Morgan fingerprint density at radius 3 is 2.54 bits per heavy atom. The van der Waals surface area contributed by atoms with E-state index in [-0.39, 0.29) is 20.4 Å². The van der Waals surface area contributed by atoms with Gasteiger partial charge in [-0.3, -0.25) is 0 Å². The molecule has 3 aromatic rings. The standard InChI is InChI=1S/C18H14ClN3OSe/c1-13(23)22(20-11-14-7-9-16(19)10-8-14)18-21-17(12-24-18)15-5-3-2-4-6-15/h2-12H,1H3/b20-11+. The van der Waals surface area contributed by atoms with Crippen LogP contribution in [0.2, 0.25) is 5.02 Å². The Bertz CT molecular complexity index is 859. The molecule has 0 aliphatic carbocycles. The number of benzene rings is 2. The molecule has 6 heteroatoms. The van der Waals surface area contributed by atoms with Crippen molar-refractivity contribution in [2.24, 2.45) is 5.10 Å². The number of hydrogen-bond acceptors (Lipinski definition) is 3. The second kappa shape index (κ2) is 7.58. The van der Waals surface area contributed by atoms with Crippen molar-refractivity contribution in [3.05, 3.63) is 70.1 Å². The summed E-state index contributed by atoms with van der Waals surface area (Å²) in [5.74, 6) is -0.163. The summed E-state index contributed by atoms with van der Waals surface area (Å²) in [5, 5.41) is 6.33. The molecule has 0 saturated carbocycles. The number of hydrazone groups is 1. The number of rotatable bonds is 4. The predicted molar refractivity (Wildman–Crippen MR) is 98.8 cm³/mol. The van der Waals surface area contributed by atoms with E-state index in [1.54, 1.807) is 18.3 Å². The zero-order valence-electron chi connectivity index (χ0n) is 12.9. The molecule has 24 heavy (non-hydrogen) atoms. The summed E-state index contributed by atoms with van der Waals surface area (Å²) in [6, 6.07) is 17.2. The van der Waals surface area contributed by atoms with Gasteiger partial charge in [0.05, 0.1) is 0 Å². The molecule has 0 aliphatic heterocycles. The van der Waals surface area contributed by atoms with Crippen molar-refractivity contribution in [1.82, 2.24) is 4.98 Å². The Kier molecular flexibility index (Phi) is 5.26. The molecule has 0 spiro atoms. The van der Waals surface area contributed by atoms with Crippen molar-refractivity contribution in [3.63, 3.8) is 0 Å². The molecular formula is C18H14ClN3OSe. The summed E-state index contributed by atoms with van der Waals surface area (Å²) in [7, 11) is 0. The van der Waals surface area contributed by atoms with Crippen molar-refractivity contribution >= 4 is 42.9 Å². The predicted octanol–water partition coefficient (Wildman–Crippen LogP) is 3.85. The van der Waals surface area contributed by atoms with Gasteiger partial charge in [0.2, 0.25) is 0 Å². The first kappa shape index (κ1) is 16.7.